The molecule has 0 bridgehead atoms. The lowest BCUT2D eigenvalue weighted by Gasteiger charge is -2.14. The lowest BCUT2D eigenvalue weighted by Crippen LogP contribution is -2.42. The summed E-state index contributed by atoms with van der Waals surface area (Å²) in [6, 6.07) is 7.37. The SMILES string of the molecule is CC(C)n1cnc(S(=O)(=O)NC(=O)[C@@H]2Oc3ccccc3[C@@H]2C)c1. The average Bonchev–Trinajstić information content (AvgIpc) is 3.13. The third-order valence-electron chi connectivity index (χ3n) is 4.06. The molecule has 0 saturated heterocycles. The lowest BCUT2D eigenvalue weighted by molar-refractivity contribution is -0.126. The molecule has 1 aromatic heterocycles. The second-order valence-electron chi connectivity index (χ2n) is 6.09. The predicted molar refractivity (Wildman–Crippen MR) is 87.2 cm³/mol. The van der Waals surface area contributed by atoms with Crippen molar-refractivity contribution in [3.05, 3.63) is 42.4 Å². The highest BCUT2D eigenvalue weighted by Crippen LogP contribution is 2.37. The van der Waals surface area contributed by atoms with E-state index in [1.54, 1.807) is 16.7 Å². The van der Waals surface area contributed by atoms with Gasteiger partial charge in [-0.2, -0.15) is 8.42 Å². The molecule has 24 heavy (non-hydrogen) atoms. The van der Waals surface area contributed by atoms with E-state index in [9.17, 15) is 13.2 Å². The Morgan fingerprint density at radius 3 is 2.67 bits per heavy atom. The van der Waals surface area contributed by atoms with Gasteiger partial charge in [-0.25, -0.2) is 9.71 Å². The Labute approximate surface area is 140 Å². The molecule has 0 unspecified atom stereocenters. The number of nitrogens with zero attached hydrogens (tertiary/aromatic N) is 2. The highest BCUT2D eigenvalue weighted by molar-refractivity contribution is 7.90. The molecule has 0 radical (unpaired) electrons. The smallest absolute Gasteiger partial charge is 0.283 e. The summed E-state index contributed by atoms with van der Waals surface area (Å²) >= 11 is 0. The number of rotatable bonds is 4. The summed E-state index contributed by atoms with van der Waals surface area (Å²) in [5.41, 5.74) is 0.888. The number of carbonyl (C=O) groups is 1. The Bertz CT molecular complexity index is 873. The molecule has 7 nitrogen and oxygen atoms in total. The van der Waals surface area contributed by atoms with Crippen molar-refractivity contribution in [3.63, 3.8) is 0 Å². The molecule has 1 aliphatic rings. The van der Waals surface area contributed by atoms with Crippen LogP contribution < -0.4 is 9.46 Å². The van der Waals surface area contributed by atoms with Crippen LogP contribution in [-0.4, -0.2) is 30.0 Å². The molecular weight excluding hydrogens is 330 g/mol. The van der Waals surface area contributed by atoms with Gasteiger partial charge < -0.3 is 9.30 Å². The number of fused-ring (bicyclic) bond motifs is 1. The summed E-state index contributed by atoms with van der Waals surface area (Å²) in [4.78, 5) is 16.3. The largest absolute Gasteiger partial charge is 0.480 e. The molecule has 2 atom stereocenters. The number of benzene rings is 1. The first-order valence-electron chi connectivity index (χ1n) is 7.65. The van der Waals surface area contributed by atoms with Crippen LogP contribution in [0.5, 0.6) is 5.75 Å². The number of ether oxygens (including phenoxy) is 1. The molecule has 0 spiro atoms. The lowest BCUT2D eigenvalue weighted by atomic mass is 9.97. The zero-order valence-corrected chi connectivity index (χ0v) is 14.4. The summed E-state index contributed by atoms with van der Waals surface area (Å²) in [5.74, 6) is -0.325. The zero-order chi connectivity index (χ0) is 17.5. The van der Waals surface area contributed by atoms with Gasteiger partial charge in [0.15, 0.2) is 11.1 Å². The number of amides is 1. The van der Waals surface area contributed by atoms with Gasteiger partial charge in [-0.15, -0.1) is 0 Å². The first kappa shape index (κ1) is 16.5. The van der Waals surface area contributed by atoms with Gasteiger partial charge in [0, 0.05) is 23.7 Å². The Morgan fingerprint density at radius 1 is 1.33 bits per heavy atom. The molecule has 0 fully saturated rings. The van der Waals surface area contributed by atoms with Crippen molar-refractivity contribution in [2.24, 2.45) is 0 Å². The first-order valence-corrected chi connectivity index (χ1v) is 9.13. The number of para-hydroxylation sites is 1. The molecule has 1 amide bonds. The molecule has 8 heteroatoms. The first-order chi connectivity index (χ1) is 11.3. The van der Waals surface area contributed by atoms with Crippen molar-refractivity contribution >= 4 is 15.9 Å². The fourth-order valence-corrected chi connectivity index (χ4v) is 3.56. The maximum absolute atomic E-state index is 12.4. The standard InChI is InChI=1S/C16H19N3O4S/c1-10(2)19-8-14(17-9-19)24(21,22)18-16(20)15-11(3)12-6-4-5-7-13(12)23-15/h4-11,15H,1-3H3,(H,18,20)/t11-,15+/m0/s1. The van der Waals surface area contributed by atoms with Gasteiger partial charge >= 0.3 is 0 Å². The molecule has 1 N–H and O–H groups in total. The third kappa shape index (κ3) is 2.89. The molecule has 0 aliphatic carbocycles. The number of aromatic nitrogens is 2. The van der Waals surface area contributed by atoms with Crippen molar-refractivity contribution < 1.29 is 17.9 Å². The van der Waals surface area contributed by atoms with E-state index in [0.29, 0.717) is 5.75 Å². The molecule has 1 aliphatic heterocycles. The van der Waals surface area contributed by atoms with Gasteiger partial charge in [0.25, 0.3) is 15.9 Å². The number of imidazole rings is 1. The predicted octanol–water partition coefficient (Wildman–Crippen LogP) is 1.83. The summed E-state index contributed by atoms with van der Waals surface area (Å²) in [6.45, 7) is 5.64. The van der Waals surface area contributed by atoms with Crippen LogP contribution in [0.15, 0.2) is 41.8 Å². The van der Waals surface area contributed by atoms with Crippen molar-refractivity contribution in [1.82, 2.24) is 14.3 Å². The van der Waals surface area contributed by atoms with E-state index < -0.39 is 22.0 Å². The van der Waals surface area contributed by atoms with Crippen LogP contribution in [0.4, 0.5) is 0 Å². The minimum absolute atomic E-state index is 0.0739. The third-order valence-corrected chi connectivity index (χ3v) is 5.29. The Balaban J connectivity index is 1.77. The Morgan fingerprint density at radius 2 is 2.04 bits per heavy atom. The van der Waals surface area contributed by atoms with Gasteiger partial charge in [-0.1, -0.05) is 25.1 Å². The number of sulfonamides is 1. The number of carbonyl (C=O) groups excluding carboxylic acids is 1. The fourth-order valence-electron chi connectivity index (χ4n) is 2.63. The summed E-state index contributed by atoms with van der Waals surface area (Å²) in [6.07, 6.45) is 1.94. The monoisotopic (exact) mass is 349 g/mol. The molecular formula is C16H19N3O4S. The molecule has 0 saturated carbocycles. The van der Waals surface area contributed by atoms with Gasteiger partial charge in [0.05, 0.1) is 6.33 Å². The minimum Gasteiger partial charge on any atom is -0.480 e. The van der Waals surface area contributed by atoms with Crippen molar-refractivity contribution in [3.8, 4) is 5.75 Å². The molecule has 1 aromatic carbocycles. The second-order valence-corrected chi connectivity index (χ2v) is 7.72. The minimum atomic E-state index is -4.03. The quantitative estimate of drug-likeness (QED) is 0.909. The fraction of sp³-hybridized carbons (Fsp3) is 0.375. The van der Waals surface area contributed by atoms with Crippen LogP contribution in [0.3, 0.4) is 0 Å². The number of hydrogen-bond acceptors (Lipinski definition) is 5. The number of hydrogen-bond donors (Lipinski definition) is 1. The second kappa shape index (κ2) is 5.94. The van der Waals surface area contributed by atoms with E-state index in [-0.39, 0.29) is 17.0 Å². The summed E-state index contributed by atoms with van der Waals surface area (Å²) in [7, 11) is -4.03. The van der Waals surface area contributed by atoms with Crippen LogP contribution in [0.1, 0.15) is 38.3 Å². The van der Waals surface area contributed by atoms with Crippen molar-refractivity contribution in [1.29, 1.82) is 0 Å². The molecule has 2 heterocycles. The van der Waals surface area contributed by atoms with Crippen LogP contribution in [0.2, 0.25) is 0 Å². The number of nitrogens with one attached hydrogen (secondary N) is 1. The van der Waals surface area contributed by atoms with E-state index in [0.717, 1.165) is 5.56 Å². The van der Waals surface area contributed by atoms with Gasteiger partial charge in [0.1, 0.15) is 5.75 Å². The average molecular weight is 349 g/mol. The topological polar surface area (TPSA) is 90.3 Å². The van der Waals surface area contributed by atoms with Crippen molar-refractivity contribution in [2.75, 3.05) is 0 Å². The molecule has 128 valence electrons. The van der Waals surface area contributed by atoms with E-state index in [2.05, 4.69) is 9.71 Å². The van der Waals surface area contributed by atoms with Crippen LogP contribution >= 0.6 is 0 Å². The van der Waals surface area contributed by atoms with Crippen LogP contribution in [0, 0.1) is 0 Å². The summed E-state index contributed by atoms with van der Waals surface area (Å²) < 4.78 is 34.0. The van der Waals surface area contributed by atoms with Gasteiger partial charge in [-0.05, 0) is 19.9 Å². The highest BCUT2D eigenvalue weighted by atomic mass is 32.2. The Hall–Kier alpha value is -2.35. The molecule has 3 rings (SSSR count). The van der Waals surface area contributed by atoms with E-state index in [4.69, 9.17) is 4.74 Å². The summed E-state index contributed by atoms with van der Waals surface area (Å²) in [5, 5.41) is -0.187. The van der Waals surface area contributed by atoms with Crippen molar-refractivity contribution in [2.45, 2.75) is 43.9 Å². The van der Waals surface area contributed by atoms with E-state index in [1.807, 2.05) is 32.9 Å². The van der Waals surface area contributed by atoms with E-state index >= 15 is 0 Å². The highest BCUT2D eigenvalue weighted by Gasteiger charge is 2.38. The maximum Gasteiger partial charge on any atom is 0.283 e. The Kier molecular flexibility index (Phi) is 4.08. The van der Waals surface area contributed by atoms with Crippen LogP contribution in [-0.2, 0) is 14.8 Å². The van der Waals surface area contributed by atoms with Crippen LogP contribution in [0.25, 0.3) is 0 Å². The van der Waals surface area contributed by atoms with Gasteiger partial charge in [-0.3, -0.25) is 4.79 Å². The van der Waals surface area contributed by atoms with Gasteiger partial charge in [0.2, 0.25) is 0 Å². The normalized spacial score (nSPS) is 19.8. The molecule has 2 aromatic rings. The van der Waals surface area contributed by atoms with E-state index in [1.165, 1.54) is 12.5 Å². The zero-order valence-electron chi connectivity index (χ0n) is 13.6. The maximum atomic E-state index is 12.4.